The van der Waals surface area contributed by atoms with Crippen LogP contribution >= 0.6 is 0 Å². The van der Waals surface area contributed by atoms with Crippen molar-refractivity contribution in [2.24, 2.45) is 0 Å². The number of ether oxygens (including phenoxy) is 1. The molecule has 0 heterocycles. The Morgan fingerprint density at radius 1 is 1.06 bits per heavy atom. The SMILES string of the molecule is CCCOc1c(C)cc(C(C)C)cc1C(C)C. The Morgan fingerprint density at radius 2 is 1.71 bits per heavy atom. The molecule has 0 fully saturated rings. The smallest absolute Gasteiger partial charge is 0.125 e. The zero-order valence-electron chi connectivity index (χ0n) is 12.1. The van der Waals surface area contributed by atoms with E-state index in [0.29, 0.717) is 11.8 Å². The molecule has 0 spiro atoms. The zero-order chi connectivity index (χ0) is 13.0. The van der Waals surface area contributed by atoms with E-state index in [1.54, 1.807) is 0 Å². The van der Waals surface area contributed by atoms with Crippen molar-refractivity contribution in [3.63, 3.8) is 0 Å². The fourth-order valence-corrected chi connectivity index (χ4v) is 1.99. The second kappa shape index (κ2) is 6.09. The fourth-order valence-electron chi connectivity index (χ4n) is 1.99. The van der Waals surface area contributed by atoms with Crippen LogP contribution in [0.3, 0.4) is 0 Å². The molecule has 0 unspecified atom stereocenters. The van der Waals surface area contributed by atoms with E-state index in [4.69, 9.17) is 4.74 Å². The van der Waals surface area contributed by atoms with Crippen LogP contribution in [0.15, 0.2) is 12.1 Å². The molecule has 1 heteroatoms. The van der Waals surface area contributed by atoms with Crippen LogP contribution < -0.4 is 4.74 Å². The minimum absolute atomic E-state index is 0.513. The van der Waals surface area contributed by atoms with Crippen molar-refractivity contribution < 1.29 is 4.74 Å². The molecular weight excluding hydrogens is 208 g/mol. The molecule has 1 aromatic carbocycles. The Bertz CT molecular complexity index is 364. The highest BCUT2D eigenvalue weighted by atomic mass is 16.5. The maximum Gasteiger partial charge on any atom is 0.125 e. The van der Waals surface area contributed by atoms with E-state index in [9.17, 15) is 0 Å². The normalized spacial score (nSPS) is 11.3. The van der Waals surface area contributed by atoms with Crippen LogP contribution in [0.4, 0.5) is 0 Å². The first-order valence-corrected chi connectivity index (χ1v) is 6.74. The van der Waals surface area contributed by atoms with Crippen LogP contribution in [0.25, 0.3) is 0 Å². The molecule has 96 valence electrons. The minimum Gasteiger partial charge on any atom is -0.493 e. The lowest BCUT2D eigenvalue weighted by Gasteiger charge is -2.19. The lowest BCUT2D eigenvalue weighted by molar-refractivity contribution is 0.310. The van der Waals surface area contributed by atoms with Crippen molar-refractivity contribution >= 4 is 0 Å². The van der Waals surface area contributed by atoms with Crippen LogP contribution in [0.2, 0.25) is 0 Å². The molecule has 0 aromatic heterocycles. The highest BCUT2D eigenvalue weighted by Crippen LogP contribution is 2.33. The topological polar surface area (TPSA) is 9.23 Å². The Balaban J connectivity index is 3.18. The largest absolute Gasteiger partial charge is 0.493 e. The monoisotopic (exact) mass is 234 g/mol. The average molecular weight is 234 g/mol. The van der Waals surface area contributed by atoms with Gasteiger partial charge in [-0.15, -0.1) is 0 Å². The van der Waals surface area contributed by atoms with E-state index in [1.165, 1.54) is 16.7 Å². The zero-order valence-corrected chi connectivity index (χ0v) is 12.1. The van der Waals surface area contributed by atoms with Crippen molar-refractivity contribution in [2.45, 2.75) is 59.8 Å². The predicted molar refractivity (Wildman–Crippen MR) is 75.1 cm³/mol. The van der Waals surface area contributed by atoms with Crippen molar-refractivity contribution in [2.75, 3.05) is 6.61 Å². The number of hydrogen-bond donors (Lipinski definition) is 0. The summed E-state index contributed by atoms with van der Waals surface area (Å²) in [5.74, 6) is 2.19. The molecule has 1 nitrogen and oxygen atoms in total. The molecule has 0 radical (unpaired) electrons. The average Bonchev–Trinajstić information content (AvgIpc) is 2.26. The highest BCUT2D eigenvalue weighted by molar-refractivity contribution is 5.46. The van der Waals surface area contributed by atoms with Gasteiger partial charge in [-0.05, 0) is 41.9 Å². The van der Waals surface area contributed by atoms with E-state index < -0.39 is 0 Å². The summed E-state index contributed by atoms with van der Waals surface area (Å²) in [4.78, 5) is 0. The fraction of sp³-hybridized carbons (Fsp3) is 0.625. The van der Waals surface area contributed by atoms with Gasteiger partial charge >= 0.3 is 0 Å². The van der Waals surface area contributed by atoms with Gasteiger partial charge in [-0.25, -0.2) is 0 Å². The molecule has 0 saturated carbocycles. The van der Waals surface area contributed by atoms with E-state index in [2.05, 4.69) is 53.7 Å². The summed E-state index contributed by atoms with van der Waals surface area (Å²) < 4.78 is 5.91. The van der Waals surface area contributed by atoms with Crippen LogP contribution in [-0.2, 0) is 0 Å². The Labute approximate surface area is 106 Å². The second-order valence-electron chi connectivity index (χ2n) is 5.41. The summed E-state index contributed by atoms with van der Waals surface area (Å²) in [5, 5.41) is 0. The molecule has 0 amide bonds. The lowest BCUT2D eigenvalue weighted by atomic mass is 9.92. The van der Waals surface area contributed by atoms with E-state index in [-0.39, 0.29) is 0 Å². The molecule has 0 saturated heterocycles. The summed E-state index contributed by atoms with van der Waals surface area (Å²) in [6.07, 6.45) is 1.06. The molecule has 1 aromatic rings. The quantitative estimate of drug-likeness (QED) is 0.694. The molecule has 0 aliphatic rings. The predicted octanol–water partition coefficient (Wildman–Crippen LogP) is 5.03. The van der Waals surface area contributed by atoms with Gasteiger partial charge in [-0.1, -0.05) is 46.8 Å². The van der Waals surface area contributed by atoms with E-state index in [0.717, 1.165) is 18.8 Å². The summed E-state index contributed by atoms with van der Waals surface area (Å²) in [7, 11) is 0. The van der Waals surface area contributed by atoms with Gasteiger partial charge < -0.3 is 4.74 Å². The summed E-state index contributed by atoms with van der Waals surface area (Å²) in [5.41, 5.74) is 4.03. The van der Waals surface area contributed by atoms with Crippen molar-refractivity contribution in [3.8, 4) is 5.75 Å². The van der Waals surface area contributed by atoms with E-state index in [1.807, 2.05) is 0 Å². The van der Waals surface area contributed by atoms with Gasteiger partial charge in [0.2, 0.25) is 0 Å². The highest BCUT2D eigenvalue weighted by Gasteiger charge is 2.13. The molecular formula is C16H26O. The molecule has 0 aliphatic heterocycles. The molecule has 0 N–H and O–H groups in total. The van der Waals surface area contributed by atoms with Crippen LogP contribution in [0.5, 0.6) is 5.75 Å². The Hall–Kier alpha value is -0.980. The maximum atomic E-state index is 5.91. The standard InChI is InChI=1S/C16H26O/c1-7-8-17-16-13(6)9-14(11(2)3)10-15(16)12(4)5/h9-12H,7-8H2,1-6H3. The second-order valence-corrected chi connectivity index (χ2v) is 5.41. The maximum absolute atomic E-state index is 5.91. The summed E-state index contributed by atoms with van der Waals surface area (Å²) in [6.45, 7) is 14.1. The van der Waals surface area contributed by atoms with Gasteiger partial charge in [0, 0.05) is 0 Å². The third-order valence-corrected chi connectivity index (χ3v) is 3.06. The summed E-state index contributed by atoms with van der Waals surface area (Å²) in [6, 6.07) is 4.58. The van der Waals surface area contributed by atoms with Crippen LogP contribution in [0.1, 0.15) is 69.6 Å². The number of benzene rings is 1. The van der Waals surface area contributed by atoms with Crippen molar-refractivity contribution in [1.82, 2.24) is 0 Å². The molecule has 0 aliphatic carbocycles. The number of hydrogen-bond acceptors (Lipinski definition) is 1. The lowest BCUT2D eigenvalue weighted by Crippen LogP contribution is -2.04. The first-order chi connectivity index (χ1) is 7.97. The van der Waals surface area contributed by atoms with Crippen LogP contribution in [-0.4, -0.2) is 6.61 Å². The Kier molecular flexibility index (Phi) is 5.04. The molecule has 0 atom stereocenters. The van der Waals surface area contributed by atoms with Gasteiger partial charge in [0.25, 0.3) is 0 Å². The molecule has 1 rings (SSSR count). The van der Waals surface area contributed by atoms with Gasteiger partial charge in [0.1, 0.15) is 5.75 Å². The number of aryl methyl sites for hydroxylation is 1. The van der Waals surface area contributed by atoms with Gasteiger partial charge in [0.15, 0.2) is 0 Å². The van der Waals surface area contributed by atoms with E-state index >= 15 is 0 Å². The van der Waals surface area contributed by atoms with Gasteiger partial charge in [-0.3, -0.25) is 0 Å². The van der Waals surface area contributed by atoms with Crippen molar-refractivity contribution in [3.05, 3.63) is 28.8 Å². The summed E-state index contributed by atoms with van der Waals surface area (Å²) >= 11 is 0. The van der Waals surface area contributed by atoms with Crippen LogP contribution in [0, 0.1) is 6.92 Å². The number of rotatable bonds is 5. The third-order valence-electron chi connectivity index (χ3n) is 3.06. The first kappa shape index (κ1) is 14.1. The van der Waals surface area contributed by atoms with Gasteiger partial charge in [-0.2, -0.15) is 0 Å². The van der Waals surface area contributed by atoms with Crippen molar-refractivity contribution in [1.29, 1.82) is 0 Å². The molecule has 17 heavy (non-hydrogen) atoms. The third kappa shape index (κ3) is 3.49. The molecule has 0 bridgehead atoms. The first-order valence-electron chi connectivity index (χ1n) is 6.74. The van der Waals surface area contributed by atoms with Gasteiger partial charge in [0.05, 0.1) is 6.61 Å². The Morgan fingerprint density at radius 3 is 2.18 bits per heavy atom. The minimum atomic E-state index is 0.513.